The largest absolute Gasteiger partial charge is 0.370 e. The van der Waals surface area contributed by atoms with Crippen molar-refractivity contribution >= 4 is 17.8 Å². The summed E-state index contributed by atoms with van der Waals surface area (Å²) in [6.45, 7) is 1.96. The number of piperidine rings is 1. The Morgan fingerprint density at radius 2 is 1.77 bits per heavy atom. The molecule has 2 aromatic rings. The van der Waals surface area contributed by atoms with Crippen molar-refractivity contribution in [1.82, 2.24) is 4.98 Å². The number of aromatic nitrogens is 1. The van der Waals surface area contributed by atoms with Crippen molar-refractivity contribution < 1.29 is 9.18 Å². The fourth-order valence-corrected chi connectivity index (χ4v) is 4.23. The van der Waals surface area contributed by atoms with Crippen LogP contribution in [0.3, 0.4) is 0 Å². The predicted octanol–water partition coefficient (Wildman–Crippen LogP) is 3.88. The lowest BCUT2D eigenvalue weighted by molar-refractivity contribution is -0.108. The normalized spacial score (nSPS) is 19.2. The first-order valence-electron chi connectivity index (χ1n) is 9.40. The van der Waals surface area contributed by atoms with Crippen LogP contribution in [0.5, 0.6) is 0 Å². The van der Waals surface area contributed by atoms with Gasteiger partial charge in [-0.05, 0) is 73.9 Å². The van der Waals surface area contributed by atoms with Crippen LogP contribution in [0.25, 0.3) is 0 Å². The minimum Gasteiger partial charge on any atom is -0.370 e. The Balaban J connectivity index is 1.49. The van der Waals surface area contributed by atoms with Gasteiger partial charge in [0.1, 0.15) is 5.82 Å². The molecule has 1 aromatic carbocycles. The van der Waals surface area contributed by atoms with Gasteiger partial charge in [-0.1, -0.05) is 0 Å². The molecular weight excluding hydrogens is 329 g/mol. The molecular formula is C21H24FN3O. The zero-order valence-electron chi connectivity index (χ0n) is 14.8. The number of benzene rings is 1. The molecule has 0 radical (unpaired) electrons. The van der Waals surface area contributed by atoms with Gasteiger partial charge in [-0.2, -0.15) is 0 Å². The first kappa shape index (κ1) is 17.0. The highest BCUT2D eigenvalue weighted by Crippen LogP contribution is 2.43. The van der Waals surface area contributed by atoms with Crippen LogP contribution >= 0.6 is 0 Å². The summed E-state index contributed by atoms with van der Waals surface area (Å²) < 4.78 is 13.3. The Kier molecular flexibility index (Phi) is 4.87. The molecule has 2 fully saturated rings. The highest BCUT2D eigenvalue weighted by Gasteiger charge is 2.41. The minimum atomic E-state index is -0.271. The second-order valence-electron chi connectivity index (χ2n) is 7.35. The molecule has 1 aromatic heterocycles. The van der Waals surface area contributed by atoms with Crippen LogP contribution in [-0.2, 0) is 4.79 Å². The third-order valence-corrected chi connectivity index (χ3v) is 5.70. The fourth-order valence-electron chi connectivity index (χ4n) is 4.23. The third-order valence-electron chi connectivity index (χ3n) is 5.70. The average Bonchev–Trinajstić information content (AvgIpc) is 3.53. The highest BCUT2D eigenvalue weighted by atomic mass is 19.1. The first-order valence-corrected chi connectivity index (χ1v) is 9.40. The van der Waals surface area contributed by atoms with Gasteiger partial charge in [0.25, 0.3) is 0 Å². The Bertz CT molecular complexity index is 725. The molecule has 2 aliphatic rings. The van der Waals surface area contributed by atoms with E-state index >= 15 is 0 Å². The lowest BCUT2D eigenvalue weighted by atomic mass is 9.85. The molecule has 0 bridgehead atoms. The number of hydrogen-bond donors (Lipinski definition) is 0. The second kappa shape index (κ2) is 7.44. The van der Waals surface area contributed by atoms with E-state index in [2.05, 4.69) is 16.0 Å². The summed E-state index contributed by atoms with van der Waals surface area (Å²) >= 11 is 0. The number of carbonyl (C=O) groups is 1. The van der Waals surface area contributed by atoms with Gasteiger partial charge in [0.2, 0.25) is 6.41 Å². The van der Waals surface area contributed by atoms with Crippen LogP contribution < -0.4 is 9.80 Å². The molecule has 0 spiro atoms. The lowest BCUT2D eigenvalue weighted by Gasteiger charge is -2.41. The molecule has 136 valence electrons. The second-order valence-corrected chi connectivity index (χ2v) is 7.35. The summed E-state index contributed by atoms with van der Waals surface area (Å²) in [5.74, 6) is 0.776. The van der Waals surface area contributed by atoms with Crippen LogP contribution in [0.4, 0.5) is 15.8 Å². The third kappa shape index (κ3) is 3.57. The van der Waals surface area contributed by atoms with E-state index < -0.39 is 0 Å². The number of anilines is 2. The van der Waals surface area contributed by atoms with E-state index in [0.29, 0.717) is 11.8 Å². The molecule has 1 saturated heterocycles. The maximum absolute atomic E-state index is 13.3. The van der Waals surface area contributed by atoms with Gasteiger partial charge in [-0.25, -0.2) is 4.39 Å². The molecule has 1 amide bonds. The summed E-state index contributed by atoms with van der Waals surface area (Å²) in [5.41, 5.74) is 1.97. The molecule has 1 unspecified atom stereocenters. The molecule has 4 nitrogen and oxygen atoms in total. The summed E-state index contributed by atoms with van der Waals surface area (Å²) in [6.07, 6.45) is 9.11. The summed E-state index contributed by atoms with van der Waals surface area (Å²) in [4.78, 5) is 20.3. The Morgan fingerprint density at radius 1 is 1.08 bits per heavy atom. The summed E-state index contributed by atoms with van der Waals surface area (Å²) in [5, 5.41) is 0. The van der Waals surface area contributed by atoms with Crippen molar-refractivity contribution in [3.63, 3.8) is 0 Å². The Morgan fingerprint density at radius 3 is 2.35 bits per heavy atom. The number of carbonyl (C=O) groups excluding carboxylic acids is 1. The van der Waals surface area contributed by atoms with E-state index in [-0.39, 0.29) is 11.9 Å². The van der Waals surface area contributed by atoms with Crippen LogP contribution in [0.2, 0.25) is 0 Å². The quantitative estimate of drug-likeness (QED) is 0.740. The van der Waals surface area contributed by atoms with Crippen LogP contribution in [0.15, 0.2) is 48.8 Å². The summed E-state index contributed by atoms with van der Waals surface area (Å²) in [7, 11) is 0. The van der Waals surface area contributed by atoms with Crippen LogP contribution in [0.1, 0.15) is 25.7 Å². The molecule has 1 atom stereocenters. The van der Waals surface area contributed by atoms with E-state index in [1.54, 1.807) is 18.3 Å². The standard InChI is InChI=1S/C21H24FN3O/c22-18-5-7-19(8-6-18)25(15-26)21(16-3-4-16)17-9-12-24(13-10-17)20-2-1-11-23-14-20/h1-2,5-8,11,14-17,21H,3-4,9-10,12-13H2. The lowest BCUT2D eigenvalue weighted by Crippen LogP contribution is -2.46. The molecule has 0 N–H and O–H groups in total. The van der Waals surface area contributed by atoms with Crippen LogP contribution in [-0.4, -0.2) is 30.5 Å². The Labute approximate surface area is 153 Å². The fraction of sp³-hybridized carbons (Fsp3) is 0.429. The van der Waals surface area contributed by atoms with Crippen molar-refractivity contribution in [3.05, 3.63) is 54.6 Å². The van der Waals surface area contributed by atoms with Gasteiger partial charge in [-0.15, -0.1) is 0 Å². The van der Waals surface area contributed by atoms with Gasteiger partial charge < -0.3 is 9.80 Å². The first-order chi connectivity index (χ1) is 12.8. The number of amides is 1. The maximum atomic E-state index is 13.3. The number of hydrogen-bond acceptors (Lipinski definition) is 3. The molecule has 4 rings (SSSR count). The number of rotatable bonds is 6. The number of pyridine rings is 1. The van der Waals surface area contributed by atoms with E-state index in [1.165, 1.54) is 30.7 Å². The zero-order valence-corrected chi connectivity index (χ0v) is 14.8. The maximum Gasteiger partial charge on any atom is 0.214 e. The highest BCUT2D eigenvalue weighted by molar-refractivity contribution is 5.76. The van der Waals surface area contributed by atoms with Gasteiger partial charge in [-0.3, -0.25) is 9.78 Å². The van der Waals surface area contributed by atoms with Crippen LogP contribution in [0, 0.1) is 17.7 Å². The summed E-state index contributed by atoms with van der Waals surface area (Å²) in [6, 6.07) is 10.6. The van der Waals surface area contributed by atoms with Crippen molar-refractivity contribution in [2.45, 2.75) is 31.7 Å². The number of nitrogens with zero attached hydrogens (tertiary/aromatic N) is 3. The van der Waals surface area contributed by atoms with E-state index in [4.69, 9.17) is 0 Å². The minimum absolute atomic E-state index is 0.217. The van der Waals surface area contributed by atoms with E-state index in [1.807, 2.05) is 17.2 Å². The monoisotopic (exact) mass is 353 g/mol. The molecule has 1 saturated carbocycles. The smallest absolute Gasteiger partial charge is 0.214 e. The topological polar surface area (TPSA) is 36.4 Å². The van der Waals surface area contributed by atoms with Gasteiger partial charge in [0.05, 0.1) is 11.9 Å². The predicted molar refractivity (Wildman–Crippen MR) is 101 cm³/mol. The van der Waals surface area contributed by atoms with Crippen molar-refractivity contribution in [1.29, 1.82) is 0 Å². The van der Waals surface area contributed by atoms with Gasteiger partial charge in [0, 0.05) is 31.0 Å². The van der Waals surface area contributed by atoms with Crippen molar-refractivity contribution in [3.8, 4) is 0 Å². The van der Waals surface area contributed by atoms with Gasteiger partial charge >= 0.3 is 0 Å². The van der Waals surface area contributed by atoms with E-state index in [0.717, 1.165) is 38.0 Å². The van der Waals surface area contributed by atoms with Gasteiger partial charge in [0.15, 0.2) is 0 Å². The average molecular weight is 353 g/mol. The molecule has 26 heavy (non-hydrogen) atoms. The molecule has 1 aliphatic heterocycles. The molecule has 1 aliphatic carbocycles. The molecule has 2 heterocycles. The van der Waals surface area contributed by atoms with E-state index in [9.17, 15) is 9.18 Å². The molecule has 5 heteroatoms. The van der Waals surface area contributed by atoms with Crippen molar-refractivity contribution in [2.75, 3.05) is 22.9 Å². The zero-order chi connectivity index (χ0) is 17.9. The SMILES string of the molecule is O=CN(c1ccc(F)cc1)C(C1CC1)C1CCN(c2cccnc2)CC1. The van der Waals surface area contributed by atoms with Crippen molar-refractivity contribution in [2.24, 2.45) is 11.8 Å². The Hall–Kier alpha value is -2.43. The number of halogens is 1.